The van der Waals surface area contributed by atoms with E-state index in [4.69, 9.17) is 4.55 Å². The van der Waals surface area contributed by atoms with Gasteiger partial charge in [0.05, 0.1) is 0 Å². The molecule has 0 rings (SSSR count). The van der Waals surface area contributed by atoms with Crippen LogP contribution in [0.4, 0.5) is 0 Å². The zero-order chi connectivity index (χ0) is 12.3. The summed E-state index contributed by atoms with van der Waals surface area (Å²) in [5.41, 5.74) is 0. The Morgan fingerprint density at radius 2 is 1.94 bits per heavy atom. The minimum Gasteiger partial charge on any atom is -0.158 e. The van der Waals surface area contributed by atoms with Crippen molar-refractivity contribution in [2.45, 2.75) is 45.4 Å². The van der Waals surface area contributed by atoms with Gasteiger partial charge in [-0.3, -0.25) is 0 Å². The lowest BCUT2D eigenvalue weighted by molar-refractivity contribution is 0.188. The van der Waals surface area contributed by atoms with Crippen molar-refractivity contribution in [3.8, 4) is 0 Å². The first-order valence-electron chi connectivity index (χ1n) is 5.56. The van der Waals surface area contributed by atoms with Gasteiger partial charge >= 0.3 is 10.8 Å². The van der Waals surface area contributed by atoms with Crippen molar-refractivity contribution in [3.63, 3.8) is 0 Å². The molecule has 16 heavy (non-hydrogen) atoms. The van der Waals surface area contributed by atoms with E-state index in [1.807, 2.05) is 6.08 Å². The summed E-state index contributed by atoms with van der Waals surface area (Å²) in [6.45, 7) is 2.21. The van der Waals surface area contributed by atoms with Gasteiger partial charge in [0.2, 0.25) is 0 Å². The molecule has 0 amide bonds. The van der Waals surface area contributed by atoms with E-state index >= 15 is 0 Å². The monoisotopic (exact) mass is 252 g/mol. The maximum atomic E-state index is 10.7. The van der Waals surface area contributed by atoms with Gasteiger partial charge in [0.25, 0.3) is 0 Å². The van der Waals surface area contributed by atoms with Crippen LogP contribution in [0.2, 0.25) is 0 Å². The van der Waals surface area contributed by atoms with Crippen molar-refractivity contribution >= 4 is 10.8 Å². The van der Waals surface area contributed by atoms with Gasteiger partial charge < -0.3 is 0 Å². The van der Waals surface area contributed by atoms with E-state index in [2.05, 4.69) is 21.3 Å². The molecule has 0 aromatic carbocycles. The van der Waals surface area contributed by atoms with Crippen molar-refractivity contribution in [1.29, 1.82) is 0 Å². The molecule has 0 aliphatic heterocycles. The molecule has 0 bridgehead atoms. The minimum absolute atomic E-state index is 0.0293. The summed E-state index contributed by atoms with van der Waals surface area (Å²) in [5, 5.41) is 0. The number of rotatable bonds is 10. The van der Waals surface area contributed by atoms with Gasteiger partial charge in [-0.1, -0.05) is 44.8 Å². The zero-order valence-corrected chi connectivity index (χ0v) is 10.6. The summed E-state index contributed by atoms with van der Waals surface area (Å²) < 4.78 is 27.7. The van der Waals surface area contributed by atoms with Crippen LogP contribution in [0, 0.1) is 0 Å². The predicted octanol–water partition coefficient (Wildman–Crippen LogP) is 2.61. The number of unbranched alkanes of at least 4 members (excludes halogenated alkanes) is 5. The summed E-state index contributed by atoms with van der Waals surface area (Å²) in [4.78, 5) is 0. The maximum absolute atomic E-state index is 10.7. The summed E-state index contributed by atoms with van der Waals surface area (Å²) in [6.07, 6.45) is 10.7. The van der Waals surface area contributed by atoms with E-state index in [1.54, 1.807) is 6.08 Å². The van der Waals surface area contributed by atoms with Crippen LogP contribution in [0.3, 0.4) is 0 Å². The quantitative estimate of drug-likeness (QED) is 0.270. The fourth-order valence-corrected chi connectivity index (χ4v) is 1.51. The molecule has 0 fully saturated rings. The molecule has 0 radical (unpaired) electrons. The Kier molecular flexibility index (Phi) is 9.75. The average molecular weight is 252 g/mol. The fourth-order valence-electron chi connectivity index (χ4n) is 1.20. The molecular weight excluding hydrogens is 230 g/mol. The second kappa shape index (κ2) is 9.92. The molecule has 96 valence electrons. The highest BCUT2D eigenvalue weighted by Gasteiger charge is 2.27. The van der Waals surface area contributed by atoms with E-state index in [1.165, 1.54) is 25.7 Å². The van der Waals surface area contributed by atoms with Gasteiger partial charge in [-0.15, -0.1) is 8.74 Å². The van der Waals surface area contributed by atoms with Gasteiger partial charge in [0, 0.05) is 4.21 Å². The van der Waals surface area contributed by atoms with Gasteiger partial charge in [0.1, 0.15) is 6.61 Å². The topological polar surface area (TPSA) is 81.8 Å². The van der Waals surface area contributed by atoms with Crippen LogP contribution in [0.25, 0.3) is 0 Å². The Bertz CT molecular complexity index is 233. The predicted molar refractivity (Wildman–Crippen MR) is 64.4 cm³/mol. The lowest BCUT2D eigenvalue weighted by atomic mass is 10.1. The van der Waals surface area contributed by atoms with Crippen LogP contribution < -0.4 is 5.90 Å². The Morgan fingerprint density at radius 1 is 1.25 bits per heavy atom. The van der Waals surface area contributed by atoms with Gasteiger partial charge in [0.15, 0.2) is 0 Å². The third-order valence-electron chi connectivity index (χ3n) is 2.08. The molecule has 6 heteroatoms. The number of hydrogen-bond donors (Lipinski definition) is 2. The lowest BCUT2D eigenvalue weighted by Crippen LogP contribution is -2.21. The second-order valence-corrected chi connectivity index (χ2v) is 4.77. The third-order valence-corrected chi connectivity index (χ3v) is 2.75. The van der Waals surface area contributed by atoms with Crippen LogP contribution in [-0.2, 0) is 23.5 Å². The molecule has 0 aliphatic carbocycles. The molecule has 3 N–H and O–H groups in total. The molecule has 1 atom stereocenters. The third kappa shape index (κ3) is 10.3. The van der Waals surface area contributed by atoms with Crippen LogP contribution in [-0.4, -0.2) is 11.2 Å². The van der Waals surface area contributed by atoms with E-state index in [0.29, 0.717) is 0 Å². The normalized spacial score (nSPS) is 15.4. The van der Waals surface area contributed by atoms with Crippen LogP contribution in [0.1, 0.15) is 45.4 Å². The smallest absolute Gasteiger partial charge is 0.158 e. The Morgan fingerprint density at radius 3 is 2.56 bits per heavy atom. The molecule has 0 saturated carbocycles. The first kappa shape index (κ1) is 15.7. The molecular formula is C10H22NO4S+. The molecule has 0 aliphatic rings. The van der Waals surface area contributed by atoms with Crippen molar-refractivity contribution in [2.75, 3.05) is 6.61 Å². The first-order chi connectivity index (χ1) is 7.62. The van der Waals surface area contributed by atoms with Crippen molar-refractivity contribution < 1.29 is 17.2 Å². The van der Waals surface area contributed by atoms with Gasteiger partial charge in [-0.2, -0.15) is 5.90 Å². The summed E-state index contributed by atoms with van der Waals surface area (Å²) in [7, 11) is -3.75. The molecule has 0 spiro atoms. The average Bonchev–Trinajstić information content (AvgIpc) is 2.27. The molecule has 0 aromatic heterocycles. The number of nitrogens with two attached hydrogens (primary N) is 1. The van der Waals surface area contributed by atoms with Crippen molar-refractivity contribution in [3.05, 3.63) is 12.2 Å². The van der Waals surface area contributed by atoms with E-state index in [9.17, 15) is 4.21 Å². The van der Waals surface area contributed by atoms with Gasteiger partial charge in [-0.25, -0.2) is 0 Å². The zero-order valence-electron chi connectivity index (χ0n) is 9.76. The largest absolute Gasteiger partial charge is 0.528 e. The SMILES string of the molecule is CCCCCCC/C=C/CO[S+](=O)(O)ON. The fraction of sp³-hybridized carbons (Fsp3) is 0.800. The minimum atomic E-state index is -3.75. The summed E-state index contributed by atoms with van der Waals surface area (Å²) in [6, 6.07) is 0. The number of allylic oxidation sites excluding steroid dienone is 1. The lowest BCUT2D eigenvalue weighted by Gasteiger charge is -1.96. The van der Waals surface area contributed by atoms with Gasteiger partial charge in [-0.05, 0) is 17.1 Å². The molecule has 0 aromatic rings. The van der Waals surface area contributed by atoms with Crippen molar-refractivity contribution in [2.24, 2.45) is 5.90 Å². The number of hydrogen-bond acceptors (Lipinski definition) is 4. The second-order valence-electron chi connectivity index (χ2n) is 3.48. The standard InChI is InChI=1S/C10H21NO4S/c1-2-3-4-5-6-7-8-9-10-14-16(12,13)15-11/h8-9H,2-7,10-11H2,1H3/p+1/b9-8+. The Labute approximate surface area is 98.6 Å². The van der Waals surface area contributed by atoms with E-state index in [-0.39, 0.29) is 6.61 Å². The molecule has 0 saturated heterocycles. The molecule has 5 nitrogen and oxygen atoms in total. The van der Waals surface area contributed by atoms with Crippen molar-refractivity contribution in [1.82, 2.24) is 0 Å². The molecule has 1 unspecified atom stereocenters. The summed E-state index contributed by atoms with van der Waals surface area (Å²) in [5.74, 6) is 4.54. The van der Waals surface area contributed by atoms with E-state index < -0.39 is 10.8 Å². The van der Waals surface area contributed by atoms with Crippen LogP contribution in [0.5, 0.6) is 0 Å². The highest BCUT2D eigenvalue weighted by atomic mass is 32.3. The first-order valence-corrected chi connectivity index (χ1v) is 6.93. The highest BCUT2D eigenvalue weighted by molar-refractivity contribution is 7.88. The maximum Gasteiger partial charge on any atom is 0.528 e. The van der Waals surface area contributed by atoms with E-state index in [0.717, 1.165) is 12.8 Å². The summed E-state index contributed by atoms with van der Waals surface area (Å²) >= 11 is 0. The van der Waals surface area contributed by atoms with Crippen LogP contribution in [0.15, 0.2) is 12.2 Å². The Hall–Kier alpha value is -0.270. The highest BCUT2D eigenvalue weighted by Crippen LogP contribution is 2.05. The molecule has 0 heterocycles. The van der Waals surface area contributed by atoms with Crippen LogP contribution >= 0.6 is 0 Å². The Balaban J connectivity index is 3.32.